The lowest BCUT2D eigenvalue weighted by atomic mass is 9.99. The van der Waals surface area contributed by atoms with Gasteiger partial charge in [-0.15, -0.1) is 0 Å². The maximum atomic E-state index is 12.6. The number of esters is 1. The Balaban J connectivity index is 2.20. The monoisotopic (exact) mass is 341 g/mol. The predicted molar refractivity (Wildman–Crippen MR) is 81.4 cm³/mol. The number of sulfonamides is 1. The Morgan fingerprint density at radius 1 is 1.26 bits per heavy atom. The van der Waals surface area contributed by atoms with Gasteiger partial charge in [-0.1, -0.05) is 6.92 Å². The first-order valence-corrected chi connectivity index (χ1v) is 8.71. The van der Waals surface area contributed by atoms with E-state index in [1.807, 2.05) is 0 Å². The number of hydrogen-bond donors (Lipinski definition) is 1. The summed E-state index contributed by atoms with van der Waals surface area (Å²) < 4.78 is 31.2. The molecule has 1 aliphatic heterocycles. The van der Waals surface area contributed by atoms with Crippen LogP contribution in [0, 0.1) is 11.8 Å². The molecule has 8 heteroatoms. The molecule has 1 aromatic carbocycles. The lowest BCUT2D eigenvalue weighted by Gasteiger charge is -2.16. The average Bonchev–Trinajstić information content (AvgIpc) is 2.90. The lowest BCUT2D eigenvalue weighted by Crippen LogP contribution is -2.30. The molecule has 2 atom stereocenters. The first kappa shape index (κ1) is 17.4. The molecule has 1 fully saturated rings. The van der Waals surface area contributed by atoms with Crippen molar-refractivity contribution in [2.45, 2.75) is 18.7 Å². The van der Waals surface area contributed by atoms with Crippen molar-refractivity contribution in [1.29, 1.82) is 0 Å². The van der Waals surface area contributed by atoms with E-state index >= 15 is 0 Å². The van der Waals surface area contributed by atoms with Crippen molar-refractivity contribution in [1.82, 2.24) is 4.31 Å². The summed E-state index contributed by atoms with van der Waals surface area (Å²) in [5, 5.41) is 9.11. The fourth-order valence-corrected chi connectivity index (χ4v) is 4.13. The lowest BCUT2D eigenvalue weighted by molar-refractivity contribution is -0.142. The summed E-state index contributed by atoms with van der Waals surface area (Å²) in [5.41, 5.74) is 0.268. The molecule has 1 aliphatic rings. The molecule has 0 radical (unpaired) electrons. The normalized spacial score (nSPS) is 22.0. The van der Waals surface area contributed by atoms with E-state index in [-0.39, 0.29) is 36.1 Å². The zero-order valence-electron chi connectivity index (χ0n) is 12.9. The van der Waals surface area contributed by atoms with Gasteiger partial charge in [0.1, 0.15) is 0 Å². The largest absolute Gasteiger partial charge is 0.481 e. The molecule has 0 aromatic heterocycles. The third-order valence-corrected chi connectivity index (χ3v) is 5.75. The van der Waals surface area contributed by atoms with Crippen LogP contribution in [0.4, 0.5) is 0 Å². The molecule has 23 heavy (non-hydrogen) atoms. The van der Waals surface area contributed by atoms with Crippen LogP contribution in [-0.2, 0) is 19.6 Å². The molecule has 0 bridgehead atoms. The number of nitrogens with zero attached hydrogens (tertiary/aromatic N) is 1. The third kappa shape index (κ3) is 3.53. The zero-order chi connectivity index (χ0) is 17.2. The summed E-state index contributed by atoms with van der Waals surface area (Å²) in [5.74, 6) is -2.46. The molecular weight excluding hydrogens is 322 g/mol. The molecule has 7 nitrogen and oxygen atoms in total. The minimum atomic E-state index is -3.77. The molecule has 0 amide bonds. The number of rotatable bonds is 5. The summed E-state index contributed by atoms with van der Waals surface area (Å²) in [4.78, 5) is 22.7. The van der Waals surface area contributed by atoms with Gasteiger partial charge in [-0.3, -0.25) is 4.79 Å². The average molecular weight is 341 g/mol. The number of aliphatic carboxylic acids is 1. The van der Waals surface area contributed by atoms with Gasteiger partial charge in [-0.2, -0.15) is 4.31 Å². The SMILES string of the molecule is CCOC(=O)c1ccc(S(=O)(=O)N2C[C@@H](C)[C@H](C(=O)O)C2)cc1. The van der Waals surface area contributed by atoms with E-state index in [2.05, 4.69) is 0 Å². The van der Waals surface area contributed by atoms with Gasteiger partial charge in [0.2, 0.25) is 10.0 Å². The fraction of sp³-hybridized carbons (Fsp3) is 0.467. The topological polar surface area (TPSA) is 101 Å². The molecule has 0 spiro atoms. The van der Waals surface area contributed by atoms with Gasteiger partial charge in [0.15, 0.2) is 0 Å². The van der Waals surface area contributed by atoms with Crippen LogP contribution in [0.1, 0.15) is 24.2 Å². The van der Waals surface area contributed by atoms with Crippen molar-refractivity contribution < 1.29 is 27.9 Å². The number of carboxylic acid groups (broad SMARTS) is 1. The van der Waals surface area contributed by atoms with Gasteiger partial charge >= 0.3 is 11.9 Å². The van der Waals surface area contributed by atoms with E-state index < -0.39 is 27.9 Å². The Morgan fingerprint density at radius 3 is 2.35 bits per heavy atom. The molecule has 1 N–H and O–H groups in total. The Bertz CT molecular complexity index is 697. The molecule has 126 valence electrons. The molecule has 0 saturated carbocycles. The van der Waals surface area contributed by atoms with Crippen LogP contribution in [-0.4, -0.2) is 49.5 Å². The van der Waals surface area contributed by atoms with Crippen LogP contribution in [0.2, 0.25) is 0 Å². The molecule has 2 rings (SSSR count). The second-order valence-corrected chi connectivity index (χ2v) is 7.43. The van der Waals surface area contributed by atoms with Crippen LogP contribution in [0.15, 0.2) is 29.2 Å². The quantitative estimate of drug-likeness (QED) is 0.808. The van der Waals surface area contributed by atoms with E-state index in [4.69, 9.17) is 9.84 Å². The van der Waals surface area contributed by atoms with Crippen molar-refractivity contribution in [3.63, 3.8) is 0 Å². The molecular formula is C15H19NO6S. The number of ether oxygens (including phenoxy) is 1. The predicted octanol–water partition coefficient (Wildman–Crippen LogP) is 1.20. The maximum Gasteiger partial charge on any atom is 0.338 e. The van der Waals surface area contributed by atoms with Crippen molar-refractivity contribution in [3.05, 3.63) is 29.8 Å². The van der Waals surface area contributed by atoms with Crippen LogP contribution in [0.3, 0.4) is 0 Å². The maximum absolute atomic E-state index is 12.6. The molecule has 1 aromatic rings. The van der Waals surface area contributed by atoms with Gasteiger partial charge in [-0.05, 0) is 37.1 Å². The first-order valence-electron chi connectivity index (χ1n) is 7.27. The van der Waals surface area contributed by atoms with Gasteiger partial charge in [0.25, 0.3) is 0 Å². The molecule has 1 saturated heterocycles. The second kappa shape index (κ2) is 6.67. The summed E-state index contributed by atoms with van der Waals surface area (Å²) in [6.45, 7) is 3.76. The number of carbonyl (C=O) groups excluding carboxylic acids is 1. The summed E-state index contributed by atoms with van der Waals surface area (Å²) >= 11 is 0. The first-order chi connectivity index (χ1) is 10.8. The van der Waals surface area contributed by atoms with E-state index in [0.29, 0.717) is 0 Å². The standard InChI is InChI=1S/C15H19NO6S/c1-3-22-15(19)11-4-6-12(7-5-11)23(20,21)16-8-10(2)13(9-16)14(17)18/h4-7,10,13H,3,8-9H2,1-2H3,(H,17,18)/t10-,13-/m1/s1. The Labute approximate surface area is 134 Å². The number of carbonyl (C=O) groups is 2. The smallest absolute Gasteiger partial charge is 0.338 e. The van der Waals surface area contributed by atoms with Crippen LogP contribution in [0.25, 0.3) is 0 Å². The van der Waals surface area contributed by atoms with Gasteiger partial charge in [0, 0.05) is 13.1 Å². The highest BCUT2D eigenvalue weighted by atomic mass is 32.2. The second-order valence-electron chi connectivity index (χ2n) is 5.49. The van der Waals surface area contributed by atoms with Crippen molar-refractivity contribution >= 4 is 22.0 Å². The Morgan fingerprint density at radius 2 is 1.87 bits per heavy atom. The molecule has 0 aliphatic carbocycles. The highest BCUT2D eigenvalue weighted by molar-refractivity contribution is 7.89. The minimum absolute atomic E-state index is 0.0313. The zero-order valence-corrected chi connectivity index (χ0v) is 13.7. The van der Waals surface area contributed by atoms with Gasteiger partial charge < -0.3 is 9.84 Å². The van der Waals surface area contributed by atoms with Crippen LogP contribution < -0.4 is 0 Å². The van der Waals surface area contributed by atoms with Crippen LogP contribution in [0.5, 0.6) is 0 Å². The Kier molecular flexibility index (Phi) is 5.06. The highest BCUT2D eigenvalue weighted by Gasteiger charge is 2.40. The minimum Gasteiger partial charge on any atom is -0.481 e. The van der Waals surface area contributed by atoms with Crippen molar-refractivity contribution in [3.8, 4) is 0 Å². The Hall–Kier alpha value is -1.93. The van der Waals surface area contributed by atoms with Gasteiger partial charge in [-0.25, -0.2) is 13.2 Å². The van der Waals surface area contributed by atoms with E-state index in [1.165, 1.54) is 28.6 Å². The number of carboxylic acids is 1. The summed E-state index contributed by atoms with van der Waals surface area (Å²) in [6.07, 6.45) is 0. The van der Waals surface area contributed by atoms with Crippen LogP contribution >= 0.6 is 0 Å². The highest BCUT2D eigenvalue weighted by Crippen LogP contribution is 2.28. The number of benzene rings is 1. The van der Waals surface area contributed by atoms with E-state index in [1.54, 1.807) is 13.8 Å². The third-order valence-electron chi connectivity index (χ3n) is 3.90. The van der Waals surface area contributed by atoms with Gasteiger partial charge in [0.05, 0.1) is 23.0 Å². The summed E-state index contributed by atoms with van der Waals surface area (Å²) in [7, 11) is -3.77. The van der Waals surface area contributed by atoms with Crippen molar-refractivity contribution in [2.75, 3.05) is 19.7 Å². The summed E-state index contributed by atoms with van der Waals surface area (Å²) in [6, 6.07) is 5.44. The molecule has 0 unspecified atom stereocenters. The van der Waals surface area contributed by atoms with Crippen molar-refractivity contribution in [2.24, 2.45) is 11.8 Å². The van der Waals surface area contributed by atoms with E-state index in [0.717, 1.165) is 0 Å². The molecule has 1 heterocycles. The van der Waals surface area contributed by atoms with E-state index in [9.17, 15) is 18.0 Å². The fourth-order valence-electron chi connectivity index (χ4n) is 2.57. The number of hydrogen-bond acceptors (Lipinski definition) is 5.